The third kappa shape index (κ3) is 3.58. The third-order valence-corrected chi connectivity index (χ3v) is 1.91. The highest BCUT2D eigenvalue weighted by Gasteiger charge is 2.06. The molecule has 0 aromatic heterocycles. The van der Waals surface area contributed by atoms with Gasteiger partial charge in [0.25, 0.3) is 0 Å². The standard InChI is InChI=1S/C11H15NO2/c1-3-12(2)9-11(13)14-10-7-5-4-6-8-10/h4-8H,3,9H2,1-2H3. The molecule has 0 aliphatic carbocycles. The molecule has 1 aromatic carbocycles. The van der Waals surface area contributed by atoms with Gasteiger partial charge < -0.3 is 4.74 Å². The van der Waals surface area contributed by atoms with E-state index in [1.54, 1.807) is 12.1 Å². The van der Waals surface area contributed by atoms with Gasteiger partial charge in [0.15, 0.2) is 0 Å². The summed E-state index contributed by atoms with van der Waals surface area (Å²) in [7, 11) is 1.88. The second kappa shape index (κ2) is 5.40. The maximum atomic E-state index is 11.3. The van der Waals surface area contributed by atoms with Crippen molar-refractivity contribution in [1.29, 1.82) is 0 Å². The van der Waals surface area contributed by atoms with Gasteiger partial charge >= 0.3 is 5.97 Å². The van der Waals surface area contributed by atoms with Crippen LogP contribution in [0, 0.1) is 0 Å². The molecule has 0 bridgehead atoms. The molecular formula is C11H15NO2. The normalized spacial score (nSPS) is 10.2. The molecule has 0 saturated heterocycles. The van der Waals surface area contributed by atoms with Crippen molar-refractivity contribution in [3.05, 3.63) is 30.3 Å². The Balaban J connectivity index is 2.42. The molecule has 0 radical (unpaired) electrons. The molecule has 0 N–H and O–H groups in total. The number of benzene rings is 1. The van der Waals surface area contributed by atoms with Gasteiger partial charge in [-0.25, -0.2) is 0 Å². The number of carbonyl (C=O) groups is 1. The molecule has 0 amide bonds. The highest BCUT2D eigenvalue weighted by Crippen LogP contribution is 2.08. The van der Waals surface area contributed by atoms with Crippen molar-refractivity contribution in [2.45, 2.75) is 6.92 Å². The molecule has 0 spiro atoms. The fraction of sp³-hybridized carbons (Fsp3) is 0.364. The monoisotopic (exact) mass is 193 g/mol. The van der Waals surface area contributed by atoms with E-state index in [0.29, 0.717) is 12.3 Å². The number of esters is 1. The summed E-state index contributed by atoms with van der Waals surface area (Å²) in [5.74, 6) is 0.377. The number of para-hydroxylation sites is 1. The predicted octanol–water partition coefficient (Wildman–Crippen LogP) is 1.54. The summed E-state index contributed by atoms with van der Waals surface area (Å²) in [4.78, 5) is 13.2. The molecule has 0 unspecified atom stereocenters. The summed E-state index contributed by atoms with van der Waals surface area (Å²) in [6, 6.07) is 9.10. The fourth-order valence-corrected chi connectivity index (χ4v) is 0.984. The number of nitrogens with zero attached hydrogens (tertiary/aromatic N) is 1. The zero-order valence-electron chi connectivity index (χ0n) is 8.56. The SMILES string of the molecule is CCN(C)CC(=O)Oc1ccccc1. The van der Waals surface area contributed by atoms with Crippen molar-refractivity contribution in [2.75, 3.05) is 20.1 Å². The molecule has 3 nitrogen and oxygen atoms in total. The number of carbonyl (C=O) groups excluding carboxylic acids is 1. The molecule has 14 heavy (non-hydrogen) atoms. The molecule has 0 aliphatic heterocycles. The lowest BCUT2D eigenvalue weighted by Crippen LogP contribution is -2.28. The van der Waals surface area contributed by atoms with Crippen molar-refractivity contribution in [2.24, 2.45) is 0 Å². The van der Waals surface area contributed by atoms with Crippen LogP contribution in [0.5, 0.6) is 5.75 Å². The molecule has 0 aliphatic rings. The largest absolute Gasteiger partial charge is 0.426 e. The molecule has 0 saturated carbocycles. The zero-order chi connectivity index (χ0) is 10.4. The summed E-state index contributed by atoms with van der Waals surface area (Å²) in [5, 5.41) is 0. The summed E-state index contributed by atoms with van der Waals surface area (Å²) < 4.78 is 5.11. The van der Waals surface area contributed by atoms with E-state index in [0.717, 1.165) is 6.54 Å². The van der Waals surface area contributed by atoms with E-state index in [1.165, 1.54) is 0 Å². The second-order valence-corrected chi connectivity index (χ2v) is 3.12. The lowest BCUT2D eigenvalue weighted by molar-refractivity contribution is -0.135. The Labute approximate surface area is 84.3 Å². The molecule has 3 heteroatoms. The molecule has 76 valence electrons. The fourth-order valence-electron chi connectivity index (χ4n) is 0.984. The topological polar surface area (TPSA) is 29.5 Å². The van der Waals surface area contributed by atoms with Crippen molar-refractivity contribution < 1.29 is 9.53 Å². The molecular weight excluding hydrogens is 178 g/mol. The van der Waals surface area contributed by atoms with Crippen LogP contribution in [0.3, 0.4) is 0 Å². The highest BCUT2D eigenvalue weighted by atomic mass is 16.5. The molecule has 1 aromatic rings. The van der Waals surface area contributed by atoms with Crippen molar-refractivity contribution in [1.82, 2.24) is 4.90 Å². The minimum Gasteiger partial charge on any atom is -0.426 e. The first-order valence-corrected chi connectivity index (χ1v) is 4.66. The third-order valence-electron chi connectivity index (χ3n) is 1.91. The molecule has 0 heterocycles. The van der Waals surface area contributed by atoms with Crippen LogP contribution in [0.1, 0.15) is 6.92 Å². The summed E-state index contributed by atoms with van der Waals surface area (Å²) in [6.45, 7) is 3.16. The summed E-state index contributed by atoms with van der Waals surface area (Å²) >= 11 is 0. The van der Waals surface area contributed by atoms with Gasteiger partial charge in [0, 0.05) is 0 Å². The molecule has 0 fully saturated rings. The van der Waals surface area contributed by atoms with E-state index < -0.39 is 0 Å². The lowest BCUT2D eigenvalue weighted by atomic mass is 10.3. The van der Waals surface area contributed by atoms with Crippen LogP contribution in [-0.2, 0) is 4.79 Å². The minimum absolute atomic E-state index is 0.222. The minimum atomic E-state index is -0.222. The highest BCUT2D eigenvalue weighted by molar-refractivity contribution is 5.74. The van der Waals surface area contributed by atoms with Crippen LogP contribution in [0.2, 0.25) is 0 Å². The van der Waals surface area contributed by atoms with Crippen molar-refractivity contribution in [3.8, 4) is 5.75 Å². The Hall–Kier alpha value is -1.35. The predicted molar refractivity (Wildman–Crippen MR) is 55.2 cm³/mol. The van der Waals surface area contributed by atoms with Gasteiger partial charge in [0.2, 0.25) is 0 Å². The quantitative estimate of drug-likeness (QED) is 0.536. The number of hydrogen-bond donors (Lipinski definition) is 0. The zero-order valence-corrected chi connectivity index (χ0v) is 8.56. The maximum absolute atomic E-state index is 11.3. The van der Waals surface area contributed by atoms with Crippen LogP contribution in [0.25, 0.3) is 0 Å². The van der Waals surface area contributed by atoms with Gasteiger partial charge in [-0.1, -0.05) is 25.1 Å². The van der Waals surface area contributed by atoms with Gasteiger partial charge in [0.05, 0.1) is 6.54 Å². The van der Waals surface area contributed by atoms with E-state index >= 15 is 0 Å². The Morgan fingerprint density at radius 2 is 2.00 bits per heavy atom. The van der Waals surface area contributed by atoms with Crippen LogP contribution in [-0.4, -0.2) is 31.0 Å². The maximum Gasteiger partial charge on any atom is 0.325 e. The van der Waals surface area contributed by atoms with E-state index in [2.05, 4.69) is 0 Å². The molecule has 0 atom stereocenters. The Morgan fingerprint density at radius 3 is 2.57 bits per heavy atom. The number of likely N-dealkylation sites (N-methyl/N-ethyl adjacent to an activating group) is 1. The van der Waals surface area contributed by atoms with E-state index in [4.69, 9.17) is 4.74 Å². The number of hydrogen-bond acceptors (Lipinski definition) is 3. The van der Waals surface area contributed by atoms with E-state index in [1.807, 2.05) is 37.1 Å². The first kappa shape index (κ1) is 10.7. The van der Waals surface area contributed by atoms with Crippen LogP contribution in [0.15, 0.2) is 30.3 Å². The first-order chi connectivity index (χ1) is 6.72. The average Bonchev–Trinajstić information content (AvgIpc) is 2.19. The van der Waals surface area contributed by atoms with Gasteiger partial charge in [0.1, 0.15) is 5.75 Å². The average molecular weight is 193 g/mol. The Kier molecular flexibility index (Phi) is 4.13. The van der Waals surface area contributed by atoms with Crippen LogP contribution in [0.4, 0.5) is 0 Å². The number of rotatable bonds is 4. The van der Waals surface area contributed by atoms with Gasteiger partial charge in [-0.2, -0.15) is 0 Å². The van der Waals surface area contributed by atoms with Gasteiger partial charge in [-0.05, 0) is 25.7 Å². The van der Waals surface area contributed by atoms with Crippen LogP contribution < -0.4 is 4.74 Å². The van der Waals surface area contributed by atoms with Crippen molar-refractivity contribution >= 4 is 5.97 Å². The van der Waals surface area contributed by atoms with Gasteiger partial charge in [-0.15, -0.1) is 0 Å². The Morgan fingerprint density at radius 1 is 1.36 bits per heavy atom. The summed E-state index contributed by atoms with van der Waals surface area (Å²) in [6.07, 6.45) is 0. The van der Waals surface area contributed by atoms with Crippen LogP contribution >= 0.6 is 0 Å². The van der Waals surface area contributed by atoms with E-state index in [-0.39, 0.29) is 5.97 Å². The lowest BCUT2D eigenvalue weighted by Gasteiger charge is -2.12. The Bertz CT molecular complexity index is 285. The smallest absolute Gasteiger partial charge is 0.325 e. The molecule has 1 rings (SSSR count). The van der Waals surface area contributed by atoms with E-state index in [9.17, 15) is 4.79 Å². The summed E-state index contributed by atoms with van der Waals surface area (Å²) in [5.41, 5.74) is 0. The van der Waals surface area contributed by atoms with Crippen molar-refractivity contribution in [3.63, 3.8) is 0 Å². The first-order valence-electron chi connectivity index (χ1n) is 4.66. The second-order valence-electron chi connectivity index (χ2n) is 3.12. The van der Waals surface area contributed by atoms with Gasteiger partial charge in [-0.3, -0.25) is 9.69 Å². The number of ether oxygens (including phenoxy) is 1.